The van der Waals surface area contributed by atoms with Crippen molar-refractivity contribution < 1.29 is 9.53 Å². The van der Waals surface area contributed by atoms with Gasteiger partial charge < -0.3 is 4.74 Å². The molecule has 2 bridgehead atoms. The van der Waals surface area contributed by atoms with Gasteiger partial charge in [0.05, 0.1) is 5.92 Å². The first-order valence-corrected chi connectivity index (χ1v) is 10.8. The van der Waals surface area contributed by atoms with Crippen LogP contribution in [0.5, 0.6) is 5.75 Å². The van der Waals surface area contributed by atoms with E-state index in [2.05, 4.69) is 60.6 Å². The minimum atomic E-state index is -0.00999. The van der Waals surface area contributed by atoms with Crippen LogP contribution in [0.15, 0.2) is 24.3 Å². The Labute approximate surface area is 166 Å². The van der Waals surface area contributed by atoms with Gasteiger partial charge in [-0.1, -0.05) is 60.6 Å². The van der Waals surface area contributed by atoms with Gasteiger partial charge in [0, 0.05) is 0 Å². The van der Waals surface area contributed by atoms with Gasteiger partial charge in [0.25, 0.3) is 0 Å². The van der Waals surface area contributed by atoms with Gasteiger partial charge in [-0.25, -0.2) is 0 Å². The molecule has 0 aromatic heterocycles. The van der Waals surface area contributed by atoms with Crippen LogP contribution >= 0.6 is 0 Å². The van der Waals surface area contributed by atoms with Crippen molar-refractivity contribution in [3.8, 4) is 5.75 Å². The average Bonchev–Trinajstić information content (AvgIpc) is 3.11. The van der Waals surface area contributed by atoms with Crippen molar-refractivity contribution in [2.75, 3.05) is 0 Å². The lowest BCUT2D eigenvalue weighted by molar-refractivity contribution is -0.140. The molecule has 2 nitrogen and oxygen atoms in total. The fourth-order valence-corrected chi connectivity index (χ4v) is 5.35. The smallest absolute Gasteiger partial charge is 0.314 e. The van der Waals surface area contributed by atoms with E-state index in [4.69, 9.17) is 4.74 Å². The Morgan fingerprint density at radius 1 is 1.00 bits per heavy atom. The van der Waals surface area contributed by atoms with Crippen molar-refractivity contribution in [1.29, 1.82) is 0 Å². The topological polar surface area (TPSA) is 26.3 Å². The largest absolute Gasteiger partial charge is 0.426 e. The summed E-state index contributed by atoms with van der Waals surface area (Å²) in [5.41, 5.74) is 1.82. The normalized spacial score (nSPS) is 29.0. The summed E-state index contributed by atoms with van der Waals surface area (Å²) in [5.74, 6) is 3.36. The number of rotatable bonds is 4. The molecular weight excluding hydrogens is 332 g/mol. The molecule has 0 N–H and O–H groups in total. The van der Waals surface area contributed by atoms with Gasteiger partial charge in [0.15, 0.2) is 0 Å². The van der Waals surface area contributed by atoms with Gasteiger partial charge in [-0.05, 0) is 77.9 Å². The van der Waals surface area contributed by atoms with Gasteiger partial charge in [0.1, 0.15) is 5.75 Å². The third kappa shape index (κ3) is 4.76. The molecule has 2 aliphatic carbocycles. The van der Waals surface area contributed by atoms with Crippen LogP contribution in [0.3, 0.4) is 0 Å². The molecule has 27 heavy (non-hydrogen) atoms. The Morgan fingerprint density at radius 2 is 1.63 bits per heavy atom. The average molecular weight is 371 g/mol. The van der Waals surface area contributed by atoms with E-state index < -0.39 is 0 Å². The van der Waals surface area contributed by atoms with E-state index in [0.29, 0.717) is 17.6 Å². The molecule has 1 aromatic rings. The van der Waals surface area contributed by atoms with Crippen molar-refractivity contribution in [2.45, 2.75) is 80.1 Å². The van der Waals surface area contributed by atoms with E-state index in [1.807, 2.05) is 12.1 Å². The van der Waals surface area contributed by atoms with Gasteiger partial charge in [-0.15, -0.1) is 0 Å². The number of carbonyl (C=O) groups excluding carboxylic acids is 1. The van der Waals surface area contributed by atoms with Gasteiger partial charge in [0.2, 0.25) is 0 Å². The number of carbonyl (C=O) groups is 1. The molecule has 0 aliphatic heterocycles. The van der Waals surface area contributed by atoms with Gasteiger partial charge >= 0.3 is 5.97 Å². The maximum absolute atomic E-state index is 12.7. The second-order valence-electron chi connectivity index (χ2n) is 11.5. The molecule has 2 saturated carbocycles. The van der Waals surface area contributed by atoms with Crippen LogP contribution in [-0.2, 0) is 4.79 Å². The first-order chi connectivity index (χ1) is 12.4. The summed E-state index contributed by atoms with van der Waals surface area (Å²) in [6.45, 7) is 16.2. The molecule has 1 aromatic carbocycles. The molecule has 0 spiro atoms. The maximum atomic E-state index is 12.7. The van der Waals surface area contributed by atoms with Crippen LogP contribution in [-0.4, -0.2) is 5.97 Å². The Balaban J connectivity index is 1.67. The quantitative estimate of drug-likeness (QED) is 0.428. The fourth-order valence-electron chi connectivity index (χ4n) is 5.35. The van der Waals surface area contributed by atoms with Gasteiger partial charge in [-0.3, -0.25) is 4.79 Å². The van der Waals surface area contributed by atoms with Gasteiger partial charge in [-0.2, -0.15) is 0 Å². The van der Waals surface area contributed by atoms with Crippen LogP contribution in [0, 0.1) is 34.5 Å². The zero-order valence-electron chi connectivity index (χ0n) is 18.3. The number of benzene rings is 1. The van der Waals surface area contributed by atoms with E-state index in [1.165, 1.54) is 18.4 Å². The minimum absolute atomic E-state index is 0.00999. The molecule has 0 heterocycles. The molecule has 2 aliphatic rings. The van der Waals surface area contributed by atoms with Crippen molar-refractivity contribution in [3.63, 3.8) is 0 Å². The summed E-state index contributed by atoms with van der Waals surface area (Å²) in [7, 11) is 0. The summed E-state index contributed by atoms with van der Waals surface area (Å²) in [6.07, 6.45) is 4.59. The molecule has 0 radical (unpaired) electrons. The Kier molecular flexibility index (Phi) is 5.49. The molecule has 3 rings (SSSR count). The van der Waals surface area contributed by atoms with Crippen molar-refractivity contribution in [3.05, 3.63) is 29.8 Å². The predicted octanol–water partition coefficient (Wildman–Crippen LogP) is 6.84. The Hall–Kier alpha value is -1.31. The zero-order chi connectivity index (χ0) is 20.0. The van der Waals surface area contributed by atoms with E-state index in [-0.39, 0.29) is 22.7 Å². The number of hydrogen-bond donors (Lipinski definition) is 0. The van der Waals surface area contributed by atoms with E-state index in [9.17, 15) is 4.79 Å². The van der Waals surface area contributed by atoms with Crippen LogP contribution in [0.2, 0.25) is 0 Å². The third-order valence-corrected chi connectivity index (χ3v) is 6.88. The fraction of sp³-hybridized carbons (Fsp3) is 0.720. The Bertz CT molecular complexity index is 657. The van der Waals surface area contributed by atoms with Crippen LogP contribution in [0.25, 0.3) is 0 Å². The minimum Gasteiger partial charge on any atom is -0.426 e. The van der Waals surface area contributed by atoms with E-state index in [1.54, 1.807) is 0 Å². The van der Waals surface area contributed by atoms with Crippen LogP contribution < -0.4 is 4.74 Å². The number of hydrogen-bond acceptors (Lipinski definition) is 2. The maximum Gasteiger partial charge on any atom is 0.314 e. The predicted molar refractivity (Wildman–Crippen MR) is 112 cm³/mol. The second-order valence-corrected chi connectivity index (χ2v) is 11.5. The second kappa shape index (κ2) is 7.26. The molecular formula is C25H38O2. The lowest BCUT2D eigenvalue weighted by Gasteiger charge is -2.36. The van der Waals surface area contributed by atoms with Crippen molar-refractivity contribution in [2.24, 2.45) is 34.5 Å². The van der Waals surface area contributed by atoms with Crippen molar-refractivity contribution in [1.82, 2.24) is 0 Å². The first kappa shape index (κ1) is 20.4. The number of esters is 1. The number of ether oxygens (including phenoxy) is 1. The monoisotopic (exact) mass is 370 g/mol. The highest BCUT2D eigenvalue weighted by Crippen LogP contribution is 2.52. The summed E-state index contributed by atoms with van der Waals surface area (Å²) >= 11 is 0. The summed E-state index contributed by atoms with van der Waals surface area (Å²) in [5, 5.41) is 0. The zero-order valence-corrected chi connectivity index (χ0v) is 18.3. The molecule has 5 atom stereocenters. The van der Waals surface area contributed by atoms with E-state index >= 15 is 0 Å². The van der Waals surface area contributed by atoms with Crippen LogP contribution in [0.1, 0.15) is 85.6 Å². The number of fused-ring (bicyclic) bond motifs is 2. The highest BCUT2D eigenvalue weighted by atomic mass is 16.5. The Morgan fingerprint density at radius 3 is 2.07 bits per heavy atom. The SMILES string of the molecule is CC1CC2CC1CC2C(=O)Oc1ccc(C(CC(C)(C)C)C(C)(C)C)cc1. The first-order valence-electron chi connectivity index (χ1n) is 10.8. The third-order valence-electron chi connectivity index (χ3n) is 6.88. The highest BCUT2D eigenvalue weighted by molar-refractivity contribution is 5.76. The molecule has 5 unspecified atom stereocenters. The highest BCUT2D eigenvalue weighted by Gasteiger charge is 2.47. The molecule has 2 heteroatoms. The molecule has 150 valence electrons. The summed E-state index contributed by atoms with van der Waals surface area (Å²) < 4.78 is 5.77. The molecule has 0 amide bonds. The summed E-state index contributed by atoms with van der Waals surface area (Å²) in [4.78, 5) is 12.7. The molecule has 2 fully saturated rings. The molecule has 0 saturated heterocycles. The standard InChI is InChI=1S/C25H38O2/c1-16-12-19-13-18(16)14-21(19)23(26)27-20-10-8-17(9-11-20)22(25(5,6)7)15-24(2,3)4/h8-11,16,18-19,21-22H,12-15H2,1-7H3. The lowest BCUT2D eigenvalue weighted by Crippen LogP contribution is -2.27. The lowest BCUT2D eigenvalue weighted by atomic mass is 9.69. The van der Waals surface area contributed by atoms with E-state index in [0.717, 1.165) is 24.7 Å². The van der Waals surface area contributed by atoms with Crippen molar-refractivity contribution >= 4 is 5.97 Å². The summed E-state index contributed by atoms with van der Waals surface area (Å²) in [6, 6.07) is 8.30. The van der Waals surface area contributed by atoms with Crippen LogP contribution in [0.4, 0.5) is 0 Å².